The summed E-state index contributed by atoms with van der Waals surface area (Å²) in [6.07, 6.45) is 1.64. The van der Waals surface area contributed by atoms with Crippen LogP contribution in [0.3, 0.4) is 0 Å². The molecule has 3 heteroatoms. The van der Waals surface area contributed by atoms with Gasteiger partial charge in [-0.1, -0.05) is 29.8 Å². The fourth-order valence-corrected chi connectivity index (χ4v) is 1.85. The van der Waals surface area contributed by atoms with Gasteiger partial charge in [0.15, 0.2) is 11.9 Å². The van der Waals surface area contributed by atoms with Gasteiger partial charge in [-0.15, -0.1) is 0 Å². The summed E-state index contributed by atoms with van der Waals surface area (Å²) >= 11 is 0. The number of fused-ring (bicyclic) bond motifs is 1. The molecule has 1 aliphatic rings. The lowest BCUT2D eigenvalue weighted by atomic mass is 10.1. The second-order valence-corrected chi connectivity index (χ2v) is 4.13. The number of pyridine rings is 1. The Kier molecular flexibility index (Phi) is 2.44. The molecular weight excluding hydrogens is 214 g/mol. The molecule has 17 heavy (non-hydrogen) atoms. The van der Waals surface area contributed by atoms with Crippen LogP contribution >= 0.6 is 0 Å². The lowest BCUT2D eigenvalue weighted by Crippen LogP contribution is -2.22. The third-order valence-corrected chi connectivity index (χ3v) is 2.83. The number of ether oxygens (including phenoxy) is 2. The van der Waals surface area contributed by atoms with E-state index in [0.29, 0.717) is 12.5 Å². The molecule has 3 rings (SSSR count). The topological polar surface area (TPSA) is 31.4 Å². The molecule has 1 aliphatic heterocycles. The molecule has 0 fully saturated rings. The molecule has 2 aromatic rings. The van der Waals surface area contributed by atoms with Gasteiger partial charge in [0.2, 0.25) is 0 Å². The van der Waals surface area contributed by atoms with Crippen molar-refractivity contribution >= 4 is 0 Å². The fraction of sp³-hybridized carbons (Fsp3) is 0.214. The summed E-state index contributed by atoms with van der Waals surface area (Å²) in [6, 6.07) is 12.0. The van der Waals surface area contributed by atoms with E-state index in [1.54, 1.807) is 6.20 Å². The molecule has 3 nitrogen and oxygen atoms in total. The zero-order valence-corrected chi connectivity index (χ0v) is 9.59. The summed E-state index contributed by atoms with van der Waals surface area (Å²) in [5.41, 5.74) is 2.36. The number of aromatic nitrogens is 1. The number of rotatable bonds is 1. The molecule has 0 radical (unpaired) electrons. The Bertz CT molecular complexity index is 522. The SMILES string of the molecule is Cc1ccc(C2COc3cccnc3O2)cc1. The van der Waals surface area contributed by atoms with Crippen molar-refractivity contribution in [2.24, 2.45) is 0 Å². The molecule has 2 heterocycles. The van der Waals surface area contributed by atoms with Crippen molar-refractivity contribution in [1.29, 1.82) is 0 Å². The van der Waals surface area contributed by atoms with E-state index in [9.17, 15) is 0 Å². The average molecular weight is 227 g/mol. The Morgan fingerprint density at radius 2 is 2.00 bits per heavy atom. The normalized spacial score (nSPS) is 17.8. The van der Waals surface area contributed by atoms with Gasteiger partial charge >= 0.3 is 0 Å². The molecule has 0 saturated carbocycles. The van der Waals surface area contributed by atoms with Crippen LogP contribution in [0, 0.1) is 6.92 Å². The maximum absolute atomic E-state index is 5.82. The zero-order chi connectivity index (χ0) is 11.7. The van der Waals surface area contributed by atoms with Gasteiger partial charge < -0.3 is 9.47 Å². The van der Waals surface area contributed by atoms with E-state index in [2.05, 4.69) is 36.2 Å². The van der Waals surface area contributed by atoms with E-state index in [-0.39, 0.29) is 6.10 Å². The van der Waals surface area contributed by atoms with Gasteiger partial charge in [-0.05, 0) is 24.6 Å². The predicted octanol–water partition coefficient (Wildman–Crippen LogP) is 2.90. The Balaban J connectivity index is 1.86. The van der Waals surface area contributed by atoms with Crippen molar-refractivity contribution < 1.29 is 9.47 Å². The van der Waals surface area contributed by atoms with Crippen molar-refractivity contribution in [3.8, 4) is 11.6 Å². The van der Waals surface area contributed by atoms with E-state index >= 15 is 0 Å². The summed E-state index contributed by atoms with van der Waals surface area (Å²) in [4.78, 5) is 4.17. The van der Waals surface area contributed by atoms with Crippen LogP contribution in [-0.4, -0.2) is 11.6 Å². The van der Waals surface area contributed by atoms with E-state index in [0.717, 1.165) is 11.3 Å². The first-order chi connectivity index (χ1) is 8.33. The molecule has 1 aromatic heterocycles. The average Bonchev–Trinajstić information content (AvgIpc) is 2.39. The van der Waals surface area contributed by atoms with Crippen molar-refractivity contribution in [2.75, 3.05) is 6.61 Å². The Morgan fingerprint density at radius 1 is 1.18 bits per heavy atom. The van der Waals surface area contributed by atoms with Gasteiger partial charge in [-0.25, -0.2) is 4.98 Å². The molecule has 0 saturated heterocycles. The summed E-state index contributed by atoms with van der Waals surface area (Å²) in [7, 11) is 0. The van der Waals surface area contributed by atoms with E-state index in [1.165, 1.54) is 5.56 Å². The van der Waals surface area contributed by atoms with Gasteiger partial charge in [0, 0.05) is 6.20 Å². The number of hydrogen-bond acceptors (Lipinski definition) is 3. The molecule has 86 valence electrons. The van der Waals surface area contributed by atoms with Crippen LogP contribution in [0.25, 0.3) is 0 Å². The molecule has 1 atom stereocenters. The molecule has 1 unspecified atom stereocenters. The van der Waals surface area contributed by atoms with Crippen LogP contribution in [0.1, 0.15) is 17.2 Å². The van der Waals surface area contributed by atoms with Crippen LogP contribution in [0.2, 0.25) is 0 Å². The van der Waals surface area contributed by atoms with Crippen molar-refractivity contribution in [3.63, 3.8) is 0 Å². The number of nitrogens with zero attached hydrogens (tertiary/aromatic N) is 1. The maximum Gasteiger partial charge on any atom is 0.257 e. The third kappa shape index (κ3) is 1.96. The maximum atomic E-state index is 5.82. The van der Waals surface area contributed by atoms with E-state index in [1.807, 2.05) is 12.1 Å². The predicted molar refractivity (Wildman–Crippen MR) is 64.3 cm³/mol. The lowest BCUT2D eigenvalue weighted by molar-refractivity contribution is 0.0851. The van der Waals surface area contributed by atoms with Gasteiger partial charge in [0.05, 0.1) is 0 Å². The minimum absolute atomic E-state index is 0.0713. The zero-order valence-electron chi connectivity index (χ0n) is 9.59. The largest absolute Gasteiger partial charge is 0.484 e. The lowest BCUT2D eigenvalue weighted by Gasteiger charge is -2.25. The number of aryl methyl sites for hydroxylation is 1. The second kappa shape index (κ2) is 4.09. The van der Waals surface area contributed by atoms with Crippen LogP contribution < -0.4 is 9.47 Å². The Hall–Kier alpha value is -2.03. The van der Waals surface area contributed by atoms with E-state index < -0.39 is 0 Å². The third-order valence-electron chi connectivity index (χ3n) is 2.83. The van der Waals surface area contributed by atoms with Crippen LogP contribution in [0.15, 0.2) is 42.6 Å². The van der Waals surface area contributed by atoms with Crippen molar-refractivity contribution in [3.05, 3.63) is 53.7 Å². The standard InChI is InChI=1S/C14H13NO2/c1-10-4-6-11(7-5-10)13-9-16-12-3-2-8-15-14(12)17-13/h2-8,13H,9H2,1H3. The molecular formula is C14H13NO2. The molecule has 0 spiro atoms. The molecule has 1 aromatic carbocycles. The first-order valence-corrected chi connectivity index (χ1v) is 5.64. The van der Waals surface area contributed by atoms with Crippen LogP contribution in [-0.2, 0) is 0 Å². The highest BCUT2D eigenvalue weighted by Crippen LogP contribution is 2.33. The molecule has 0 N–H and O–H groups in total. The van der Waals surface area contributed by atoms with Crippen molar-refractivity contribution in [1.82, 2.24) is 4.98 Å². The number of hydrogen-bond donors (Lipinski definition) is 0. The first kappa shape index (κ1) is 10.1. The fourth-order valence-electron chi connectivity index (χ4n) is 1.85. The second-order valence-electron chi connectivity index (χ2n) is 4.13. The minimum Gasteiger partial charge on any atom is -0.484 e. The van der Waals surface area contributed by atoms with Gasteiger partial charge in [-0.3, -0.25) is 0 Å². The van der Waals surface area contributed by atoms with Gasteiger partial charge in [0.25, 0.3) is 5.88 Å². The molecule has 0 bridgehead atoms. The molecule has 0 aliphatic carbocycles. The van der Waals surface area contributed by atoms with Gasteiger partial charge in [0.1, 0.15) is 6.61 Å². The van der Waals surface area contributed by atoms with E-state index in [4.69, 9.17) is 9.47 Å². The first-order valence-electron chi connectivity index (χ1n) is 5.64. The highest BCUT2D eigenvalue weighted by atomic mass is 16.6. The van der Waals surface area contributed by atoms with Crippen LogP contribution in [0.5, 0.6) is 11.6 Å². The highest BCUT2D eigenvalue weighted by molar-refractivity contribution is 5.35. The van der Waals surface area contributed by atoms with Crippen LogP contribution in [0.4, 0.5) is 0 Å². The Labute approximate surface area is 100 Å². The summed E-state index contributed by atoms with van der Waals surface area (Å²) in [5, 5.41) is 0. The monoisotopic (exact) mass is 227 g/mol. The number of benzene rings is 1. The smallest absolute Gasteiger partial charge is 0.257 e. The minimum atomic E-state index is -0.0713. The van der Waals surface area contributed by atoms with Crippen molar-refractivity contribution in [2.45, 2.75) is 13.0 Å². The summed E-state index contributed by atoms with van der Waals surface area (Å²) in [5.74, 6) is 1.29. The summed E-state index contributed by atoms with van der Waals surface area (Å²) < 4.78 is 11.5. The quantitative estimate of drug-likeness (QED) is 0.750. The summed E-state index contributed by atoms with van der Waals surface area (Å²) in [6.45, 7) is 2.60. The van der Waals surface area contributed by atoms with Gasteiger partial charge in [-0.2, -0.15) is 0 Å². The molecule has 0 amide bonds. The highest BCUT2D eigenvalue weighted by Gasteiger charge is 2.22. The Morgan fingerprint density at radius 3 is 2.82 bits per heavy atom.